The molecule has 0 atom stereocenters. The van der Waals surface area contributed by atoms with Crippen molar-refractivity contribution in [3.8, 4) is 17.6 Å². The molecule has 0 heterocycles. The van der Waals surface area contributed by atoms with Crippen molar-refractivity contribution in [2.75, 3.05) is 5.32 Å². The Labute approximate surface area is 196 Å². The highest BCUT2D eigenvalue weighted by atomic mass is 35.5. The van der Waals surface area contributed by atoms with Gasteiger partial charge in [-0.1, -0.05) is 54.1 Å². The molecule has 0 saturated carbocycles. The van der Waals surface area contributed by atoms with Gasteiger partial charge in [0.2, 0.25) is 0 Å². The van der Waals surface area contributed by atoms with Crippen LogP contribution in [-0.4, -0.2) is 11.0 Å². The van der Waals surface area contributed by atoms with E-state index in [1.165, 1.54) is 18.2 Å². The lowest BCUT2D eigenvalue weighted by molar-refractivity contribution is -0.112. The van der Waals surface area contributed by atoms with Gasteiger partial charge in [0, 0.05) is 16.3 Å². The largest absolute Gasteiger partial charge is 0.508 e. The van der Waals surface area contributed by atoms with Gasteiger partial charge in [0.1, 0.15) is 29.7 Å². The molecule has 2 N–H and O–H groups in total. The summed E-state index contributed by atoms with van der Waals surface area (Å²) in [5, 5.41) is 24.2. The van der Waals surface area contributed by atoms with Crippen LogP contribution in [0, 0.1) is 11.3 Å². The van der Waals surface area contributed by atoms with Crippen LogP contribution in [0.5, 0.6) is 11.5 Å². The number of carbonyl (C=O) groups excluding carboxylic acids is 1. The first-order valence-corrected chi connectivity index (χ1v) is 10.5. The fraction of sp³-hybridized carbons (Fsp3) is 0.0370. The van der Waals surface area contributed by atoms with E-state index in [1.807, 2.05) is 60.7 Å². The predicted octanol–water partition coefficient (Wildman–Crippen LogP) is 6.32. The third-order valence-electron chi connectivity index (χ3n) is 4.99. The van der Waals surface area contributed by atoms with Gasteiger partial charge >= 0.3 is 0 Å². The topological polar surface area (TPSA) is 82.3 Å². The van der Waals surface area contributed by atoms with Crippen molar-refractivity contribution < 1.29 is 14.6 Å². The summed E-state index contributed by atoms with van der Waals surface area (Å²) < 4.78 is 6.07. The van der Waals surface area contributed by atoms with Gasteiger partial charge in [-0.2, -0.15) is 5.26 Å². The fourth-order valence-electron chi connectivity index (χ4n) is 3.37. The van der Waals surface area contributed by atoms with Crippen LogP contribution in [0.15, 0.2) is 90.5 Å². The Morgan fingerprint density at radius 1 is 1.03 bits per heavy atom. The molecule has 0 unspecified atom stereocenters. The molecular formula is C27H19ClN2O3. The number of nitrogens with one attached hydrogen (secondary N) is 1. The van der Waals surface area contributed by atoms with Gasteiger partial charge in [-0.3, -0.25) is 4.79 Å². The molecule has 0 aliphatic heterocycles. The van der Waals surface area contributed by atoms with Crippen LogP contribution in [0.25, 0.3) is 16.8 Å². The smallest absolute Gasteiger partial charge is 0.266 e. The lowest BCUT2D eigenvalue weighted by atomic mass is 10.0. The number of hydrogen-bond acceptors (Lipinski definition) is 4. The Balaban J connectivity index is 1.69. The van der Waals surface area contributed by atoms with Gasteiger partial charge in [-0.25, -0.2) is 0 Å². The lowest BCUT2D eigenvalue weighted by Gasteiger charge is -2.13. The molecule has 0 bridgehead atoms. The van der Waals surface area contributed by atoms with E-state index < -0.39 is 5.91 Å². The minimum atomic E-state index is -0.558. The summed E-state index contributed by atoms with van der Waals surface area (Å²) >= 11 is 6.07. The van der Waals surface area contributed by atoms with Crippen LogP contribution in [0.3, 0.4) is 0 Å². The predicted molar refractivity (Wildman–Crippen MR) is 130 cm³/mol. The van der Waals surface area contributed by atoms with Crippen molar-refractivity contribution in [2.24, 2.45) is 0 Å². The zero-order valence-corrected chi connectivity index (χ0v) is 18.2. The number of phenols is 1. The van der Waals surface area contributed by atoms with E-state index in [0.29, 0.717) is 22.0 Å². The number of anilines is 1. The Morgan fingerprint density at radius 3 is 2.58 bits per heavy atom. The molecule has 0 spiro atoms. The number of phenolic OH excluding ortho intramolecular Hbond substituents is 1. The number of benzene rings is 4. The summed E-state index contributed by atoms with van der Waals surface area (Å²) in [6, 6.07) is 26.8. The maximum atomic E-state index is 12.8. The van der Waals surface area contributed by atoms with Crippen LogP contribution in [0.2, 0.25) is 5.02 Å². The van der Waals surface area contributed by atoms with E-state index >= 15 is 0 Å². The number of aromatic hydroxyl groups is 1. The van der Waals surface area contributed by atoms with Crippen LogP contribution in [-0.2, 0) is 11.4 Å². The van der Waals surface area contributed by atoms with E-state index in [1.54, 1.807) is 18.2 Å². The molecule has 5 nitrogen and oxygen atoms in total. The summed E-state index contributed by atoms with van der Waals surface area (Å²) in [5.41, 5.74) is 1.92. The average molecular weight is 455 g/mol. The van der Waals surface area contributed by atoms with Gasteiger partial charge in [0.15, 0.2) is 0 Å². The highest BCUT2D eigenvalue weighted by Crippen LogP contribution is 2.31. The van der Waals surface area contributed by atoms with E-state index in [-0.39, 0.29) is 17.9 Å². The second-order valence-corrected chi connectivity index (χ2v) is 7.72. The minimum absolute atomic E-state index is 0.0768. The first-order chi connectivity index (χ1) is 16.0. The lowest BCUT2D eigenvalue weighted by Crippen LogP contribution is -2.13. The number of amides is 1. The first-order valence-electron chi connectivity index (χ1n) is 10.1. The van der Waals surface area contributed by atoms with Gasteiger partial charge in [0.25, 0.3) is 5.91 Å². The quantitative estimate of drug-likeness (QED) is 0.203. The highest BCUT2D eigenvalue weighted by molar-refractivity contribution is 6.30. The van der Waals surface area contributed by atoms with Crippen LogP contribution in [0.4, 0.5) is 5.69 Å². The molecule has 4 aromatic carbocycles. The van der Waals surface area contributed by atoms with Crippen molar-refractivity contribution in [1.29, 1.82) is 5.26 Å². The third kappa shape index (κ3) is 5.32. The average Bonchev–Trinajstić information content (AvgIpc) is 2.83. The van der Waals surface area contributed by atoms with Crippen molar-refractivity contribution in [2.45, 2.75) is 6.61 Å². The third-order valence-corrected chi connectivity index (χ3v) is 5.23. The van der Waals surface area contributed by atoms with Crippen molar-refractivity contribution in [3.63, 3.8) is 0 Å². The van der Waals surface area contributed by atoms with Gasteiger partial charge < -0.3 is 15.2 Å². The normalized spacial score (nSPS) is 11.1. The Hall–Kier alpha value is -4.27. The Kier molecular flexibility index (Phi) is 6.58. The van der Waals surface area contributed by atoms with Crippen LogP contribution in [0.1, 0.15) is 11.1 Å². The SMILES string of the molecule is N#C/C(=C\c1c(OCc2cccc(Cl)c2)ccc2ccccc12)C(=O)Nc1ccc(O)cc1. The number of nitriles is 1. The molecule has 1 amide bonds. The molecule has 4 aromatic rings. The molecular weight excluding hydrogens is 436 g/mol. The van der Waals surface area contributed by atoms with E-state index in [2.05, 4.69) is 5.32 Å². The Bertz CT molecular complexity index is 1390. The molecule has 0 aliphatic carbocycles. The van der Waals surface area contributed by atoms with Crippen molar-refractivity contribution >= 4 is 40.0 Å². The molecule has 0 saturated heterocycles. The summed E-state index contributed by atoms with van der Waals surface area (Å²) in [6.07, 6.45) is 1.53. The molecule has 0 aromatic heterocycles. The van der Waals surface area contributed by atoms with E-state index in [4.69, 9.17) is 16.3 Å². The molecule has 0 fully saturated rings. The maximum Gasteiger partial charge on any atom is 0.266 e. The first kappa shape index (κ1) is 21.9. The maximum absolute atomic E-state index is 12.8. The number of fused-ring (bicyclic) bond motifs is 1. The minimum Gasteiger partial charge on any atom is -0.508 e. The molecule has 162 valence electrons. The molecule has 0 aliphatic rings. The van der Waals surface area contributed by atoms with E-state index in [9.17, 15) is 15.2 Å². The van der Waals surface area contributed by atoms with Crippen LogP contribution < -0.4 is 10.1 Å². The standard InChI is InChI=1S/C27H19ClN2O3/c28-21-6-3-4-18(14-21)17-33-26-13-8-19-5-1-2-7-24(19)25(26)15-20(16-29)27(32)30-22-9-11-23(31)12-10-22/h1-15,31H,17H2,(H,30,32)/b20-15+. The molecule has 33 heavy (non-hydrogen) atoms. The van der Waals surface area contributed by atoms with Gasteiger partial charge in [-0.15, -0.1) is 0 Å². The van der Waals surface area contributed by atoms with Crippen molar-refractivity contribution in [1.82, 2.24) is 0 Å². The van der Waals surface area contributed by atoms with Crippen molar-refractivity contribution in [3.05, 3.63) is 107 Å². The zero-order chi connectivity index (χ0) is 23.2. The summed E-state index contributed by atoms with van der Waals surface area (Å²) in [7, 11) is 0. The number of ether oxygens (including phenoxy) is 1. The van der Waals surface area contributed by atoms with Crippen LogP contribution >= 0.6 is 11.6 Å². The number of carbonyl (C=O) groups is 1. The monoisotopic (exact) mass is 454 g/mol. The fourth-order valence-corrected chi connectivity index (χ4v) is 3.59. The number of nitrogens with zero attached hydrogens (tertiary/aromatic N) is 1. The number of hydrogen-bond donors (Lipinski definition) is 2. The second kappa shape index (κ2) is 9.90. The second-order valence-electron chi connectivity index (χ2n) is 7.29. The number of rotatable bonds is 6. The summed E-state index contributed by atoms with van der Waals surface area (Å²) in [5.74, 6) is 0.0667. The summed E-state index contributed by atoms with van der Waals surface area (Å²) in [4.78, 5) is 12.8. The van der Waals surface area contributed by atoms with E-state index in [0.717, 1.165) is 16.3 Å². The molecule has 6 heteroatoms. The Morgan fingerprint density at radius 2 is 1.82 bits per heavy atom. The zero-order valence-electron chi connectivity index (χ0n) is 17.5. The van der Waals surface area contributed by atoms with Gasteiger partial charge in [-0.05, 0) is 64.9 Å². The highest BCUT2D eigenvalue weighted by Gasteiger charge is 2.14. The van der Waals surface area contributed by atoms with Gasteiger partial charge in [0.05, 0.1) is 0 Å². The number of halogens is 1. The summed E-state index contributed by atoms with van der Waals surface area (Å²) in [6.45, 7) is 0.279. The molecule has 0 radical (unpaired) electrons. The molecule has 4 rings (SSSR count).